The molecule has 0 unspecified atom stereocenters. The summed E-state index contributed by atoms with van der Waals surface area (Å²) in [5, 5.41) is 16.3. The summed E-state index contributed by atoms with van der Waals surface area (Å²) in [5.41, 5.74) is -0.252. The number of benzene rings is 3. The number of nitrogens with zero attached hydrogens (tertiary/aromatic N) is 1. The Morgan fingerprint density at radius 1 is 0.830 bits per heavy atom. The number of carbonyl (C=O) groups is 3. The fraction of sp³-hybridized carbons (Fsp3) is 0.294. The minimum absolute atomic E-state index is 0. The van der Waals surface area contributed by atoms with Crippen LogP contribution in [0.15, 0.2) is 66.9 Å². The van der Waals surface area contributed by atoms with Crippen molar-refractivity contribution in [1.29, 1.82) is 0 Å². The molecule has 1 aliphatic carbocycles. The van der Waals surface area contributed by atoms with Gasteiger partial charge in [0.25, 0.3) is 0 Å². The van der Waals surface area contributed by atoms with Gasteiger partial charge in [0.2, 0.25) is 11.8 Å². The number of halogens is 2. The molecule has 2 amide bonds. The third-order valence-electron chi connectivity index (χ3n) is 7.65. The van der Waals surface area contributed by atoms with E-state index >= 15 is 4.39 Å². The molecule has 0 aliphatic heterocycles. The maximum absolute atomic E-state index is 15.2. The molecule has 47 heavy (non-hydrogen) atoms. The summed E-state index contributed by atoms with van der Waals surface area (Å²) in [6.07, 6.45) is 5.07. The van der Waals surface area contributed by atoms with Crippen LogP contribution in [0, 0.1) is 17.0 Å². The molecule has 1 heterocycles. The Morgan fingerprint density at radius 3 is 2.17 bits per heavy atom. The number of hydrogen-bond donors (Lipinski definition) is 2. The number of rotatable bonds is 15. The van der Waals surface area contributed by atoms with E-state index in [0.717, 1.165) is 25.3 Å². The van der Waals surface area contributed by atoms with Gasteiger partial charge in [-0.1, -0.05) is 12.8 Å². The van der Waals surface area contributed by atoms with Crippen molar-refractivity contribution in [3.8, 4) is 23.0 Å². The van der Waals surface area contributed by atoms with E-state index in [9.17, 15) is 23.9 Å². The number of aromatic nitrogens is 1. The van der Waals surface area contributed by atoms with Crippen LogP contribution in [0.5, 0.6) is 23.0 Å². The molecule has 1 aliphatic rings. The minimum atomic E-state index is -1.29. The van der Waals surface area contributed by atoms with Crippen molar-refractivity contribution < 1.29 is 93.9 Å². The molecular formula is C34H32F2KN3O7. The molecular weight excluding hydrogens is 639 g/mol. The standard InChI is InChI=1S/C34H33F2N3O7.K/c1-44-29-19-24-26(20-30(29)45-17-5-3-2-4-6-31(40)41)37-16-13-27(24)46-28-12-11-23(18-25(28)36)39-33(43)34(14-15-34)32(42)38-22-9-7-21(35)8-10-22;/h7-13,16,18-20H,2-6,14-15,17H2,1H3,(H,38,42)(H,39,43)(H,40,41);/q;+1/p-1. The zero-order chi connectivity index (χ0) is 32.7. The molecule has 0 radical (unpaired) electrons. The van der Waals surface area contributed by atoms with E-state index in [4.69, 9.17) is 14.2 Å². The normalized spacial score (nSPS) is 12.8. The third-order valence-corrected chi connectivity index (χ3v) is 7.65. The number of aliphatic carboxylic acids is 1. The van der Waals surface area contributed by atoms with Crippen molar-refractivity contribution in [3.05, 3.63) is 78.5 Å². The number of amides is 2. The summed E-state index contributed by atoms with van der Waals surface area (Å²) in [5.74, 6) is -2.21. The summed E-state index contributed by atoms with van der Waals surface area (Å²) in [4.78, 5) is 40.8. The largest absolute Gasteiger partial charge is 1.00 e. The van der Waals surface area contributed by atoms with E-state index < -0.39 is 34.8 Å². The second-order valence-corrected chi connectivity index (χ2v) is 11.0. The number of ether oxygens (including phenoxy) is 3. The molecule has 0 spiro atoms. The Kier molecular flexibility index (Phi) is 12.7. The first-order chi connectivity index (χ1) is 22.2. The van der Waals surface area contributed by atoms with Crippen LogP contribution in [0.4, 0.5) is 20.2 Å². The molecule has 3 aromatic carbocycles. The number of carbonyl (C=O) groups excluding carboxylic acids is 3. The molecule has 4 aromatic rings. The van der Waals surface area contributed by atoms with Crippen LogP contribution in [-0.2, 0) is 14.4 Å². The predicted octanol–water partition coefficient (Wildman–Crippen LogP) is 2.75. The third kappa shape index (κ3) is 9.26. The van der Waals surface area contributed by atoms with Crippen LogP contribution < -0.4 is 81.3 Å². The van der Waals surface area contributed by atoms with Crippen molar-refractivity contribution in [3.63, 3.8) is 0 Å². The fourth-order valence-electron chi connectivity index (χ4n) is 4.89. The fourth-order valence-corrected chi connectivity index (χ4v) is 4.89. The van der Waals surface area contributed by atoms with Crippen LogP contribution >= 0.6 is 0 Å². The number of pyridine rings is 1. The number of hydrogen-bond acceptors (Lipinski definition) is 8. The quantitative estimate of drug-likeness (QED) is 0.112. The summed E-state index contributed by atoms with van der Waals surface area (Å²) in [6, 6.07) is 14.1. The predicted molar refractivity (Wildman–Crippen MR) is 164 cm³/mol. The molecule has 2 N–H and O–H groups in total. The van der Waals surface area contributed by atoms with Gasteiger partial charge in [0, 0.05) is 41.1 Å². The van der Waals surface area contributed by atoms with Crippen molar-refractivity contribution in [2.75, 3.05) is 24.4 Å². The van der Waals surface area contributed by atoms with Gasteiger partial charge in [-0.15, -0.1) is 0 Å². The van der Waals surface area contributed by atoms with Gasteiger partial charge in [-0.25, -0.2) is 8.78 Å². The summed E-state index contributed by atoms with van der Waals surface area (Å²) in [7, 11) is 1.50. The van der Waals surface area contributed by atoms with Crippen LogP contribution in [0.25, 0.3) is 10.9 Å². The van der Waals surface area contributed by atoms with Crippen LogP contribution in [0.2, 0.25) is 0 Å². The number of methoxy groups -OCH3 is 1. The Bertz CT molecular complexity index is 1750. The number of nitrogens with one attached hydrogen (secondary N) is 2. The molecule has 240 valence electrons. The molecule has 0 bridgehead atoms. The minimum Gasteiger partial charge on any atom is -0.550 e. The summed E-state index contributed by atoms with van der Waals surface area (Å²) >= 11 is 0. The van der Waals surface area contributed by atoms with Gasteiger partial charge in [0.05, 0.1) is 19.2 Å². The molecule has 10 nitrogen and oxygen atoms in total. The Labute approximate surface area is 312 Å². The summed E-state index contributed by atoms with van der Waals surface area (Å²) < 4.78 is 45.7. The van der Waals surface area contributed by atoms with E-state index in [-0.39, 0.29) is 69.2 Å². The monoisotopic (exact) mass is 671 g/mol. The smallest absolute Gasteiger partial charge is 0.550 e. The number of carboxylic acid groups (broad SMARTS) is 1. The summed E-state index contributed by atoms with van der Waals surface area (Å²) in [6.45, 7) is 0.400. The van der Waals surface area contributed by atoms with Gasteiger partial charge in [-0.2, -0.15) is 0 Å². The van der Waals surface area contributed by atoms with Crippen molar-refractivity contribution in [1.82, 2.24) is 4.98 Å². The SMILES string of the molecule is COc1cc2c(Oc3ccc(NC(=O)C4(C(=O)Nc5ccc(F)cc5)CC4)cc3F)ccnc2cc1OCCCCCCC(=O)[O-].[K+]. The first-order valence-electron chi connectivity index (χ1n) is 14.8. The van der Waals surface area contributed by atoms with Gasteiger partial charge >= 0.3 is 51.4 Å². The Hall–Kier alpha value is -3.62. The number of anilines is 2. The molecule has 1 fully saturated rings. The van der Waals surface area contributed by atoms with Crippen LogP contribution in [0.3, 0.4) is 0 Å². The first kappa shape index (κ1) is 36.2. The molecule has 1 saturated carbocycles. The molecule has 0 atom stereocenters. The van der Waals surface area contributed by atoms with Gasteiger partial charge in [-0.3, -0.25) is 14.6 Å². The van der Waals surface area contributed by atoms with E-state index in [0.29, 0.717) is 59.7 Å². The zero-order valence-corrected chi connectivity index (χ0v) is 29.2. The molecule has 5 rings (SSSR count). The average molecular weight is 672 g/mol. The number of carboxylic acids is 1. The second-order valence-electron chi connectivity index (χ2n) is 11.0. The van der Waals surface area contributed by atoms with E-state index in [1.807, 2.05) is 0 Å². The zero-order valence-electron chi connectivity index (χ0n) is 26.1. The van der Waals surface area contributed by atoms with Crippen molar-refractivity contribution >= 4 is 40.1 Å². The van der Waals surface area contributed by atoms with Crippen LogP contribution in [-0.4, -0.2) is 36.5 Å². The van der Waals surface area contributed by atoms with E-state index in [1.165, 1.54) is 49.7 Å². The van der Waals surface area contributed by atoms with Crippen LogP contribution in [0.1, 0.15) is 44.9 Å². The Morgan fingerprint density at radius 2 is 1.51 bits per heavy atom. The average Bonchev–Trinajstić information content (AvgIpc) is 3.85. The van der Waals surface area contributed by atoms with Gasteiger partial charge in [0.1, 0.15) is 17.0 Å². The topological polar surface area (TPSA) is 139 Å². The van der Waals surface area contributed by atoms with Gasteiger partial charge in [-0.05, 0) is 80.6 Å². The molecule has 13 heteroatoms. The maximum atomic E-state index is 15.2. The van der Waals surface area contributed by atoms with Crippen molar-refractivity contribution in [2.45, 2.75) is 44.9 Å². The molecule has 0 saturated heterocycles. The molecule has 1 aromatic heterocycles. The van der Waals surface area contributed by atoms with E-state index in [1.54, 1.807) is 18.2 Å². The maximum Gasteiger partial charge on any atom is 1.00 e. The Balaban J connectivity index is 0.00000500. The van der Waals surface area contributed by atoms with E-state index in [2.05, 4.69) is 15.6 Å². The van der Waals surface area contributed by atoms with Gasteiger partial charge in [0.15, 0.2) is 23.1 Å². The second kappa shape index (κ2) is 16.5. The van der Waals surface area contributed by atoms with Gasteiger partial charge < -0.3 is 34.7 Å². The first-order valence-corrected chi connectivity index (χ1v) is 14.8. The van der Waals surface area contributed by atoms with Crippen molar-refractivity contribution in [2.24, 2.45) is 5.41 Å². The number of fused-ring (bicyclic) bond motifs is 1. The number of unbranched alkanes of at least 4 members (excludes halogenated alkanes) is 3.